The number of aliphatic hydroxyl groups excluding tert-OH is 2. The standard InChI is InChI=1S/C6H9NO.C5H9ClO.CN.Na/c1-2-3-6(8)4-5-7;1-2-3-5(7)4-6;1-2;/h2,6,8H,1,3-4H2;2,5,7H,1,3-4H2;;/q;;-1;+1/t6-;5-;;/m11../s1. The zero-order valence-electron chi connectivity index (χ0n) is 10.7. The van der Waals surface area contributed by atoms with Gasteiger partial charge in [0.05, 0.1) is 24.7 Å². The largest absolute Gasteiger partial charge is 1.00 e. The van der Waals surface area contributed by atoms with E-state index in [0.29, 0.717) is 18.7 Å². The van der Waals surface area contributed by atoms with Gasteiger partial charge in [-0.15, -0.1) is 24.8 Å². The Hall–Kier alpha value is -0.330. The molecule has 2 N–H and O–H groups in total. The van der Waals surface area contributed by atoms with Gasteiger partial charge in [0.1, 0.15) is 0 Å². The molecular weight excluding hydrogens is 263 g/mol. The summed E-state index contributed by atoms with van der Waals surface area (Å²) >= 11 is 5.23. The first kappa shape index (κ1) is 26.3. The van der Waals surface area contributed by atoms with E-state index < -0.39 is 12.2 Å². The molecule has 4 nitrogen and oxygen atoms in total. The van der Waals surface area contributed by atoms with Crippen LogP contribution in [0.5, 0.6) is 0 Å². The van der Waals surface area contributed by atoms with E-state index >= 15 is 0 Å². The van der Waals surface area contributed by atoms with Gasteiger partial charge in [0.15, 0.2) is 0 Å². The summed E-state index contributed by atoms with van der Waals surface area (Å²) in [6.45, 7) is 11.6. The Morgan fingerprint density at radius 2 is 1.56 bits per heavy atom. The molecule has 2 atom stereocenters. The average Bonchev–Trinajstić information content (AvgIpc) is 2.33. The van der Waals surface area contributed by atoms with Gasteiger partial charge in [0.2, 0.25) is 0 Å². The Kier molecular flexibility index (Phi) is 37.2. The van der Waals surface area contributed by atoms with Crippen molar-refractivity contribution >= 4 is 11.6 Å². The molecule has 0 spiro atoms. The Morgan fingerprint density at radius 1 is 1.17 bits per heavy atom. The number of aliphatic hydroxyl groups is 2. The van der Waals surface area contributed by atoms with Gasteiger partial charge >= 0.3 is 29.6 Å². The van der Waals surface area contributed by atoms with E-state index in [9.17, 15) is 0 Å². The molecule has 6 heteroatoms. The minimum atomic E-state index is -0.516. The van der Waals surface area contributed by atoms with Gasteiger partial charge in [-0.2, -0.15) is 5.26 Å². The van der Waals surface area contributed by atoms with Crippen LogP contribution < -0.4 is 29.6 Å². The summed E-state index contributed by atoms with van der Waals surface area (Å²) in [4.78, 5) is 0. The summed E-state index contributed by atoms with van der Waals surface area (Å²) in [5.41, 5.74) is 0. The normalized spacial score (nSPS) is 10.7. The van der Waals surface area contributed by atoms with Crippen molar-refractivity contribution in [3.63, 3.8) is 0 Å². The van der Waals surface area contributed by atoms with Gasteiger partial charge in [-0.05, 0) is 12.8 Å². The summed E-state index contributed by atoms with van der Waals surface area (Å²) < 4.78 is 0. The molecule has 96 valence electrons. The molecule has 0 saturated heterocycles. The molecule has 0 aromatic carbocycles. The minimum Gasteiger partial charge on any atom is -0.512 e. The molecule has 0 fully saturated rings. The summed E-state index contributed by atoms with van der Waals surface area (Å²) in [5.74, 6) is 0.298. The fourth-order valence-corrected chi connectivity index (χ4v) is 0.762. The van der Waals surface area contributed by atoms with Crippen LogP contribution in [-0.2, 0) is 0 Å². The fourth-order valence-electron chi connectivity index (χ4n) is 0.636. The zero-order valence-corrected chi connectivity index (χ0v) is 13.5. The fraction of sp³-hybridized carbons (Fsp3) is 0.500. The topological polar surface area (TPSA) is 88.0 Å². The van der Waals surface area contributed by atoms with Crippen molar-refractivity contribution in [3.8, 4) is 6.07 Å². The summed E-state index contributed by atoms with van der Waals surface area (Å²) in [6.07, 6.45) is 3.62. The Morgan fingerprint density at radius 3 is 1.78 bits per heavy atom. The minimum absolute atomic E-state index is 0. The molecule has 18 heavy (non-hydrogen) atoms. The zero-order chi connectivity index (χ0) is 14.1. The monoisotopic (exact) mass is 280 g/mol. The van der Waals surface area contributed by atoms with E-state index in [1.807, 2.05) is 6.07 Å². The van der Waals surface area contributed by atoms with E-state index in [-0.39, 0.29) is 36.0 Å². The first-order valence-electron chi connectivity index (χ1n) is 4.85. The van der Waals surface area contributed by atoms with E-state index in [2.05, 4.69) is 13.2 Å². The van der Waals surface area contributed by atoms with Crippen LogP contribution in [0.3, 0.4) is 0 Å². The Labute approximate surface area is 136 Å². The van der Waals surface area contributed by atoms with Crippen LogP contribution >= 0.6 is 11.6 Å². The maximum absolute atomic E-state index is 8.76. The Bertz CT molecular complexity index is 242. The first-order valence-corrected chi connectivity index (χ1v) is 5.38. The van der Waals surface area contributed by atoms with Crippen LogP contribution in [0.25, 0.3) is 0 Å². The van der Waals surface area contributed by atoms with Crippen LogP contribution in [0.15, 0.2) is 25.3 Å². The predicted molar refractivity (Wildman–Crippen MR) is 67.6 cm³/mol. The second-order valence-corrected chi connectivity index (χ2v) is 3.18. The molecule has 0 saturated carbocycles. The van der Waals surface area contributed by atoms with Gasteiger partial charge < -0.3 is 22.0 Å². The molecule has 0 aliphatic heterocycles. The van der Waals surface area contributed by atoms with Crippen LogP contribution in [-0.4, -0.2) is 28.3 Å². The van der Waals surface area contributed by atoms with Gasteiger partial charge in [-0.25, -0.2) is 0 Å². The molecule has 0 radical (unpaired) electrons. The van der Waals surface area contributed by atoms with Crippen LogP contribution in [0.1, 0.15) is 19.3 Å². The van der Waals surface area contributed by atoms with Crippen molar-refractivity contribution in [2.75, 3.05) is 5.88 Å². The maximum atomic E-state index is 8.76. The molecule has 0 aromatic rings. The SMILES string of the molecule is C=CC[C@@H](O)CC#N.C=CC[C@@H](O)CCl.[C-]#N.[Na+]. The third-order valence-electron chi connectivity index (χ3n) is 1.38. The smallest absolute Gasteiger partial charge is 0.512 e. The van der Waals surface area contributed by atoms with Crippen molar-refractivity contribution in [2.24, 2.45) is 0 Å². The molecule has 0 amide bonds. The average molecular weight is 281 g/mol. The van der Waals surface area contributed by atoms with Gasteiger partial charge in [-0.1, -0.05) is 12.2 Å². The molecular formula is C12H18ClN2NaO2. The van der Waals surface area contributed by atoms with Crippen molar-refractivity contribution in [3.05, 3.63) is 31.9 Å². The van der Waals surface area contributed by atoms with Crippen LogP contribution in [0.2, 0.25) is 0 Å². The van der Waals surface area contributed by atoms with Gasteiger partial charge in [-0.3, -0.25) is 0 Å². The maximum Gasteiger partial charge on any atom is 1.00 e. The number of rotatable bonds is 6. The van der Waals surface area contributed by atoms with Crippen molar-refractivity contribution < 1.29 is 39.8 Å². The second kappa shape index (κ2) is 25.5. The Balaban J connectivity index is -0.0000000916. The number of halogens is 1. The number of alkyl halides is 1. The molecule has 0 aliphatic rings. The van der Waals surface area contributed by atoms with Crippen LogP contribution in [0.4, 0.5) is 0 Å². The second-order valence-electron chi connectivity index (χ2n) is 2.87. The number of nitriles is 1. The number of hydrogen-bond acceptors (Lipinski definition) is 4. The molecule has 0 unspecified atom stereocenters. The third kappa shape index (κ3) is 29.6. The van der Waals surface area contributed by atoms with Gasteiger partial charge in [0, 0.05) is 5.88 Å². The van der Waals surface area contributed by atoms with Crippen molar-refractivity contribution in [1.29, 1.82) is 10.5 Å². The summed E-state index contributed by atoms with van der Waals surface area (Å²) in [5, 5.41) is 31.7. The molecule has 0 heterocycles. The summed E-state index contributed by atoms with van der Waals surface area (Å²) in [6, 6.07) is 1.85. The van der Waals surface area contributed by atoms with E-state index in [1.54, 1.807) is 12.2 Å². The molecule has 0 aliphatic carbocycles. The first-order chi connectivity index (χ1) is 8.12. The van der Waals surface area contributed by atoms with Gasteiger partial charge in [0.25, 0.3) is 0 Å². The van der Waals surface area contributed by atoms with Crippen molar-refractivity contribution in [1.82, 2.24) is 0 Å². The van der Waals surface area contributed by atoms with Crippen LogP contribution in [0, 0.1) is 23.2 Å². The number of nitrogens with zero attached hydrogens (tertiary/aromatic N) is 2. The van der Waals surface area contributed by atoms with E-state index in [0.717, 1.165) is 0 Å². The molecule has 0 rings (SSSR count). The molecule has 0 bridgehead atoms. The number of hydrogen-bond donors (Lipinski definition) is 2. The third-order valence-corrected chi connectivity index (χ3v) is 1.74. The van der Waals surface area contributed by atoms with Crippen molar-refractivity contribution in [2.45, 2.75) is 31.5 Å². The van der Waals surface area contributed by atoms with E-state index in [4.69, 9.17) is 38.9 Å². The predicted octanol–water partition coefficient (Wildman–Crippen LogP) is -0.900. The molecule has 0 aromatic heterocycles. The van der Waals surface area contributed by atoms with E-state index in [1.165, 1.54) is 0 Å². The quantitative estimate of drug-likeness (QED) is 0.286. The summed E-state index contributed by atoms with van der Waals surface area (Å²) in [7, 11) is 0.